The van der Waals surface area contributed by atoms with Crippen LogP contribution in [0.4, 0.5) is 9.18 Å². The van der Waals surface area contributed by atoms with E-state index < -0.39 is 23.9 Å². The van der Waals surface area contributed by atoms with Gasteiger partial charge < -0.3 is 19.5 Å². The molecule has 0 aliphatic rings. The summed E-state index contributed by atoms with van der Waals surface area (Å²) in [5.41, 5.74) is 2.17. The maximum absolute atomic E-state index is 14.5. The third-order valence-corrected chi connectivity index (χ3v) is 5.21. The number of ether oxygens (including phenoxy) is 3. The lowest BCUT2D eigenvalue weighted by Crippen LogP contribution is -2.31. The predicted molar refractivity (Wildman–Crippen MR) is 132 cm³/mol. The van der Waals surface area contributed by atoms with E-state index in [2.05, 4.69) is 10.6 Å². The Morgan fingerprint density at radius 2 is 1.72 bits per heavy atom. The number of methoxy groups -OCH3 is 1. The lowest BCUT2D eigenvalue weighted by molar-refractivity contribution is -0.133. The highest BCUT2D eigenvalue weighted by molar-refractivity contribution is 6.04. The summed E-state index contributed by atoms with van der Waals surface area (Å²) in [7, 11) is 1.43. The van der Waals surface area contributed by atoms with Gasteiger partial charge in [-0.25, -0.2) is 9.18 Å². The molecule has 3 N–H and O–H groups in total. The predicted octanol–water partition coefficient (Wildman–Crippen LogP) is 4.48. The number of amides is 2. The summed E-state index contributed by atoms with van der Waals surface area (Å²) in [6.07, 6.45) is -1.84. The van der Waals surface area contributed by atoms with Gasteiger partial charge in [-0.05, 0) is 30.2 Å². The fraction of sp³-hybridized carbons (Fsp3) is 0.222. The number of rotatable bonds is 10. The van der Waals surface area contributed by atoms with Crippen molar-refractivity contribution >= 4 is 17.8 Å². The van der Waals surface area contributed by atoms with Crippen LogP contribution in [0.3, 0.4) is 0 Å². The third kappa shape index (κ3) is 7.38. The molecule has 0 heterocycles. The van der Waals surface area contributed by atoms with Crippen LogP contribution in [0.5, 0.6) is 5.75 Å². The molecule has 1 atom stereocenters. The molecule has 0 bridgehead atoms. The number of benzene rings is 3. The van der Waals surface area contributed by atoms with Crippen LogP contribution in [0.2, 0.25) is 0 Å². The van der Waals surface area contributed by atoms with Gasteiger partial charge in [0.2, 0.25) is 0 Å². The molecule has 0 aliphatic heterocycles. The number of nitrogens with one attached hydrogen (secondary N) is 3. The van der Waals surface area contributed by atoms with Crippen LogP contribution in [0, 0.1) is 11.2 Å². The number of carbonyl (C=O) groups excluding carboxylic acids is 2. The Balaban J connectivity index is 1.53. The summed E-state index contributed by atoms with van der Waals surface area (Å²) in [5, 5.41) is 13.2. The first-order valence-electron chi connectivity index (χ1n) is 11.3. The molecule has 0 spiro atoms. The molecule has 36 heavy (non-hydrogen) atoms. The molecule has 0 fully saturated rings. The fourth-order valence-corrected chi connectivity index (χ4v) is 3.33. The lowest BCUT2D eigenvalue weighted by Gasteiger charge is -2.18. The van der Waals surface area contributed by atoms with Crippen molar-refractivity contribution in [2.45, 2.75) is 26.2 Å². The van der Waals surface area contributed by atoms with Crippen molar-refractivity contribution in [2.24, 2.45) is 0 Å². The fourth-order valence-electron chi connectivity index (χ4n) is 3.33. The number of carbonyl (C=O) groups is 2. The third-order valence-electron chi connectivity index (χ3n) is 5.21. The smallest absolute Gasteiger partial charge is 0.413 e. The zero-order chi connectivity index (χ0) is 25.9. The molecule has 0 aliphatic carbocycles. The summed E-state index contributed by atoms with van der Waals surface area (Å²) in [4.78, 5) is 24.7. The van der Waals surface area contributed by atoms with Crippen molar-refractivity contribution in [3.05, 3.63) is 101 Å². The van der Waals surface area contributed by atoms with Crippen molar-refractivity contribution in [3.8, 4) is 5.75 Å². The van der Waals surface area contributed by atoms with Crippen LogP contribution in [-0.2, 0) is 27.4 Å². The molecule has 8 nitrogen and oxygen atoms in total. The van der Waals surface area contributed by atoms with Gasteiger partial charge in [0, 0.05) is 30.3 Å². The molecular weight excluding hydrogens is 465 g/mol. The first-order valence-corrected chi connectivity index (χ1v) is 11.3. The van der Waals surface area contributed by atoms with E-state index in [0.717, 1.165) is 11.1 Å². The Morgan fingerprint density at radius 1 is 1.00 bits per heavy atom. The van der Waals surface area contributed by atoms with Gasteiger partial charge in [0.25, 0.3) is 5.91 Å². The minimum atomic E-state index is -1.11. The first kappa shape index (κ1) is 26.4. The molecule has 188 valence electrons. The summed E-state index contributed by atoms with van der Waals surface area (Å²) in [6, 6.07) is 20.2. The SMILES string of the molecule is CCO[C@@H](C(=O)NCc1ccc(C(=N)NC(=O)OCc2ccccc2)cc1)c1ccc(OC)cc1F. The number of alkyl carbamates (subject to hydrolysis) is 1. The summed E-state index contributed by atoms with van der Waals surface area (Å²) < 4.78 is 30.1. The summed E-state index contributed by atoms with van der Waals surface area (Å²) in [5.74, 6) is -0.854. The molecule has 3 aromatic rings. The van der Waals surface area contributed by atoms with Gasteiger partial charge in [-0.3, -0.25) is 15.5 Å². The number of hydrogen-bond acceptors (Lipinski definition) is 6. The molecule has 0 saturated heterocycles. The molecule has 3 rings (SSSR count). The van der Waals surface area contributed by atoms with Crippen LogP contribution in [0.1, 0.15) is 35.3 Å². The zero-order valence-electron chi connectivity index (χ0n) is 20.0. The van der Waals surface area contributed by atoms with Crippen LogP contribution in [-0.4, -0.2) is 31.6 Å². The van der Waals surface area contributed by atoms with Gasteiger partial charge in [-0.2, -0.15) is 0 Å². The largest absolute Gasteiger partial charge is 0.497 e. The van der Waals surface area contributed by atoms with E-state index in [0.29, 0.717) is 11.3 Å². The second kappa shape index (κ2) is 13.0. The van der Waals surface area contributed by atoms with Crippen LogP contribution >= 0.6 is 0 Å². The molecule has 0 unspecified atom stereocenters. The summed E-state index contributed by atoms with van der Waals surface area (Å²) in [6.45, 7) is 2.21. The highest BCUT2D eigenvalue weighted by Crippen LogP contribution is 2.25. The second-order valence-electron chi connectivity index (χ2n) is 7.70. The highest BCUT2D eigenvalue weighted by atomic mass is 19.1. The van der Waals surface area contributed by atoms with E-state index in [1.165, 1.54) is 19.2 Å². The van der Waals surface area contributed by atoms with Gasteiger partial charge in [0.05, 0.1) is 7.11 Å². The Bertz CT molecular complexity index is 1190. The maximum Gasteiger partial charge on any atom is 0.413 e. The average molecular weight is 494 g/mol. The lowest BCUT2D eigenvalue weighted by atomic mass is 10.1. The van der Waals surface area contributed by atoms with Gasteiger partial charge in [-0.1, -0.05) is 54.6 Å². The topological polar surface area (TPSA) is 110 Å². The van der Waals surface area contributed by atoms with Crippen LogP contribution in [0.25, 0.3) is 0 Å². The number of hydrogen-bond donors (Lipinski definition) is 3. The Kier molecular flexibility index (Phi) is 9.53. The molecule has 0 aromatic heterocycles. The minimum Gasteiger partial charge on any atom is -0.497 e. The van der Waals surface area contributed by atoms with Gasteiger partial charge in [-0.15, -0.1) is 0 Å². The van der Waals surface area contributed by atoms with Crippen molar-refractivity contribution in [2.75, 3.05) is 13.7 Å². The van der Waals surface area contributed by atoms with E-state index in [1.54, 1.807) is 37.3 Å². The average Bonchev–Trinajstić information content (AvgIpc) is 2.90. The number of amidine groups is 1. The Labute approximate surface area is 208 Å². The number of halogens is 1. The standard InChI is InChI=1S/C27H28FN3O5/c1-3-35-24(22-14-13-21(34-2)15-23(22)28)26(32)30-16-18-9-11-20(12-10-18)25(29)31-27(33)36-17-19-7-5-4-6-8-19/h4-15,24H,3,16-17H2,1-2H3,(H,30,32)(H2,29,31,33)/t24-/m1/s1. The van der Waals surface area contributed by atoms with Crippen molar-refractivity contribution in [3.63, 3.8) is 0 Å². The molecule has 9 heteroatoms. The normalized spacial score (nSPS) is 11.3. The molecule has 2 amide bonds. The van der Waals surface area contributed by atoms with Gasteiger partial charge in [0.1, 0.15) is 24.0 Å². The zero-order valence-corrected chi connectivity index (χ0v) is 20.0. The molecular formula is C27H28FN3O5. The Morgan fingerprint density at radius 3 is 2.36 bits per heavy atom. The highest BCUT2D eigenvalue weighted by Gasteiger charge is 2.24. The summed E-state index contributed by atoms with van der Waals surface area (Å²) >= 11 is 0. The van der Waals surface area contributed by atoms with Crippen molar-refractivity contribution in [1.82, 2.24) is 10.6 Å². The molecule has 0 saturated carbocycles. The quantitative estimate of drug-likeness (QED) is 0.285. The van der Waals surface area contributed by atoms with E-state index in [9.17, 15) is 14.0 Å². The monoisotopic (exact) mass is 493 g/mol. The van der Waals surface area contributed by atoms with E-state index >= 15 is 0 Å². The second-order valence-corrected chi connectivity index (χ2v) is 7.70. The van der Waals surface area contributed by atoms with E-state index in [-0.39, 0.29) is 31.2 Å². The Hall–Kier alpha value is -4.24. The van der Waals surface area contributed by atoms with E-state index in [4.69, 9.17) is 19.6 Å². The van der Waals surface area contributed by atoms with E-state index in [1.807, 2.05) is 30.3 Å². The van der Waals surface area contributed by atoms with Gasteiger partial charge >= 0.3 is 6.09 Å². The maximum atomic E-state index is 14.5. The van der Waals surface area contributed by atoms with Crippen molar-refractivity contribution in [1.29, 1.82) is 5.41 Å². The van der Waals surface area contributed by atoms with Gasteiger partial charge in [0.15, 0.2) is 6.10 Å². The minimum absolute atomic E-state index is 0.0990. The first-order chi connectivity index (χ1) is 17.4. The molecule has 3 aromatic carbocycles. The van der Waals surface area contributed by atoms with Crippen molar-refractivity contribution < 1.29 is 28.2 Å². The molecule has 0 radical (unpaired) electrons. The van der Waals surface area contributed by atoms with Crippen LogP contribution in [0.15, 0.2) is 72.8 Å². The van der Waals surface area contributed by atoms with Crippen LogP contribution < -0.4 is 15.4 Å².